The highest BCUT2D eigenvalue weighted by Gasteiger charge is 2.03. The summed E-state index contributed by atoms with van der Waals surface area (Å²) in [4.78, 5) is 8.80. The second-order valence-electron chi connectivity index (χ2n) is 8.80. The van der Waals surface area contributed by atoms with Crippen molar-refractivity contribution in [3.63, 3.8) is 0 Å². The topological polar surface area (TPSA) is 35.0 Å². The molecule has 0 aliphatic carbocycles. The van der Waals surface area contributed by atoms with E-state index in [1.807, 2.05) is 18.5 Å². The van der Waals surface area contributed by atoms with Crippen LogP contribution in [0.15, 0.2) is 79.7 Å². The van der Waals surface area contributed by atoms with Gasteiger partial charge in [-0.05, 0) is 54.9 Å². The molecule has 3 nitrogen and oxygen atoms in total. The third-order valence-corrected chi connectivity index (χ3v) is 5.94. The largest absolute Gasteiger partial charge is 0.379 e. The molecule has 0 bridgehead atoms. The van der Waals surface area contributed by atoms with E-state index < -0.39 is 0 Å². The smallest absolute Gasteiger partial charge is 0.131 e. The summed E-state index contributed by atoms with van der Waals surface area (Å²) in [5.74, 6) is 0.797. The van der Waals surface area contributed by atoms with Crippen LogP contribution < -0.4 is 0 Å². The average molecular weight is 455 g/mol. The fourth-order valence-corrected chi connectivity index (χ4v) is 3.84. The zero-order chi connectivity index (χ0) is 24.0. The normalized spacial score (nSPS) is 12.2. The number of rotatable bonds is 14. The van der Waals surface area contributed by atoms with Crippen LogP contribution >= 0.6 is 0 Å². The molecule has 1 atom stereocenters. The van der Waals surface area contributed by atoms with Gasteiger partial charge in [-0.15, -0.1) is 6.58 Å². The summed E-state index contributed by atoms with van der Waals surface area (Å²) in [6.07, 6.45) is 18.2. The van der Waals surface area contributed by atoms with Crippen molar-refractivity contribution >= 4 is 6.08 Å². The van der Waals surface area contributed by atoms with Crippen LogP contribution in [0, 0.1) is 0 Å². The molecule has 34 heavy (non-hydrogen) atoms. The molecule has 0 N–H and O–H groups in total. The summed E-state index contributed by atoms with van der Waals surface area (Å²) < 4.78 is 5.88. The summed E-state index contributed by atoms with van der Waals surface area (Å²) in [5.41, 5.74) is 5.80. The highest BCUT2D eigenvalue weighted by molar-refractivity contribution is 5.70. The van der Waals surface area contributed by atoms with E-state index in [4.69, 9.17) is 4.74 Å². The first-order valence-corrected chi connectivity index (χ1v) is 12.6. The lowest BCUT2D eigenvalue weighted by Crippen LogP contribution is -2.08. The Hall–Kier alpha value is -3.04. The van der Waals surface area contributed by atoms with Crippen LogP contribution in [0.1, 0.15) is 63.8 Å². The number of hydrogen-bond donors (Lipinski definition) is 0. The van der Waals surface area contributed by atoms with Gasteiger partial charge in [-0.25, -0.2) is 9.97 Å². The molecule has 0 aliphatic heterocycles. The Kier molecular flexibility index (Phi) is 10.7. The Balaban J connectivity index is 1.46. The minimum absolute atomic E-state index is 0.361. The highest BCUT2D eigenvalue weighted by Crippen LogP contribution is 2.25. The number of unbranched alkanes of at least 4 members (excludes halogenated alkanes) is 3. The van der Waals surface area contributed by atoms with Crippen molar-refractivity contribution in [3.8, 4) is 22.3 Å². The number of ether oxygens (including phenoxy) is 1. The zero-order valence-corrected chi connectivity index (χ0v) is 20.7. The lowest BCUT2D eigenvalue weighted by atomic mass is 10.0. The monoisotopic (exact) mass is 454 g/mol. The SMILES string of the molecule is C=CCc1ncc(-c2ccc(-c3ccc(C=CCCCC(C)OCCCCC)cc3)cc2)cn1. The van der Waals surface area contributed by atoms with Crippen molar-refractivity contribution in [2.45, 2.75) is 64.9 Å². The summed E-state index contributed by atoms with van der Waals surface area (Å²) in [6, 6.07) is 17.3. The molecule has 3 heteroatoms. The van der Waals surface area contributed by atoms with Crippen LogP contribution in [0.3, 0.4) is 0 Å². The Bertz CT molecular complexity index is 1000. The van der Waals surface area contributed by atoms with E-state index in [1.165, 1.54) is 36.0 Å². The quantitative estimate of drug-likeness (QED) is 0.181. The Morgan fingerprint density at radius 3 is 2.09 bits per heavy atom. The van der Waals surface area contributed by atoms with Gasteiger partial charge >= 0.3 is 0 Å². The molecular formula is C31H38N2O. The summed E-state index contributed by atoms with van der Waals surface area (Å²) in [5, 5.41) is 0. The minimum atomic E-state index is 0.361. The second kappa shape index (κ2) is 14.3. The predicted molar refractivity (Wildman–Crippen MR) is 145 cm³/mol. The van der Waals surface area contributed by atoms with Gasteiger partial charge in [0.1, 0.15) is 5.82 Å². The molecule has 1 unspecified atom stereocenters. The molecule has 0 aliphatic rings. The molecule has 0 saturated heterocycles. The van der Waals surface area contributed by atoms with E-state index in [0.29, 0.717) is 12.5 Å². The fraction of sp³-hybridized carbons (Fsp3) is 0.355. The van der Waals surface area contributed by atoms with Gasteiger partial charge in [-0.3, -0.25) is 0 Å². The summed E-state index contributed by atoms with van der Waals surface area (Å²) >= 11 is 0. The Labute approximate surface area is 205 Å². The number of benzene rings is 2. The van der Waals surface area contributed by atoms with E-state index in [2.05, 4.69) is 91.1 Å². The van der Waals surface area contributed by atoms with Gasteiger partial charge < -0.3 is 4.74 Å². The van der Waals surface area contributed by atoms with Crippen molar-refractivity contribution in [1.29, 1.82) is 0 Å². The first kappa shape index (κ1) is 25.6. The number of allylic oxidation sites excluding steroid dienone is 2. The molecule has 3 rings (SSSR count). The van der Waals surface area contributed by atoms with Crippen molar-refractivity contribution in [2.75, 3.05) is 6.61 Å². The fourth-order valence-electron chi connectivity index (χ4n) is 3.84. The summed E-state index contributed by atoms with van der Waals surface area (Å²) in [6.45, 7) is 9.05. The van der Waals surface area contributed by atoms with Crippen molar-refractivity contribution < 1.29 is 4.74 Å². The summed E-state index contributed by atoms with van der Waals surface area (Å²) in [7, 11) is 0. The second-order valence-corrected chi connectivity index (χ2v) is 8.80. The number of nitrogens with zero attached hydrogens (tertiary/aromatic N) is 2. The van der Waals surface area contributed by atoms with E-state index in [0.717, 1.165) is 42.8 Å². The molecule has 0 saturated carbocycles. The van der Waals surface area contributed by atoms with Crippen LogP contribution in [0.4, 0.5) is 0 Å². The van der Waals surface area contributed by atoms with E-state index in [1.54, 1.807) is 0 Å². The van der Waals surface area contributed by atoms with Crippen molar-refractivity contribution in [2.24, 2.45) is 0 Å². The maximum atomic E-state index is 5.88. The van der Waals surface area contributed by atoms with Gasteiger partial charge in [0.15, 0.2) is 0 Å². The minimum Gasteiger partial charge on any atom is -0.379 e. The van der Waals surface area contributed by atoms with Crippen LogP contribution in [0.2, 0.25) is 0 Å². The lowest BCUT2D eigenvalue weighted by molar-refractivity contribution is 0.0566. The molecule has 0 fully saturated rings. The standard InChI is InChI=1S/C31H38N2O/c1-4-6-10-22-34-25(3)12-8-7-9-13-26-14-16-27(17-15-26)28-18-20-29(21-19-28)30-23-32-31(11-5-2)33-24-30/h5,9,13-21,23-25H,2,4,6-8,10-12,22H2,1,3H3. The average Bonchev–Trinajstić information content (AvgIpc) is 2.88. The van der Waals surface area contributed by atoms with Gasteiger partial charge in [0, 0.05) is 31.0 Å². The molecule has 0 spiro atoms. The number of hydrogen-bond acceptors (Lipinski definition) is 3. The Morgan fingerprint density at radius 1 is 0.853 bits per heavy atom. The zero-order valence-electron chi connectivity index (χ0n) is 20.7. The van der Waals surface area contributed by atoms with Crippen LogP contribution in [-0.4, -0.2) is 22.7 Å². The van der Waals surface area contributed by atoms with Gasteiger partial charge in [-0.1, -0.05) is 86.5 Å². The van der Waals surface area contributed by atoms with Gasteiger partial charge in [-0.2, -0.15) is 0 Å². The molecule has 2 aromatic carbocycles. The molecular weight excluding hydrogens is 416 g/mol. The van der Waals surface area contributed by atoms with Crippen molar-refractivity contribution in [1.82, 2.24) is 9.97 Å². The third kappa shape index (κ3) is 8.39. The van der Waals surface area contributed by atoms with Crippen LogP contribution in [0.5, 0.6) is 0 Å². The molecule has 0 amide bonds. The van der Waals surface area contributed by atoms with E-state index in [9.17, 15) is 0 Å². The number of aromatic nitrogens is 2. The Morgan fingerprint density at radius 2 is 1.47 bits per heavy atom. The van der Waals surface area contributed by atoms with Crippen molar-refractivity contribution in [3.05, 3.63) is 91.0 Å². The third-order valence-electron chi connectivity index (χ3n) is 5.94. The first-order chi connectivity index (χ1) is 16.7. The predicted octanol–water partition coefficient (Wildman–Crippen LogP) is 8.32. The maximum Gasteiger partial charge on any atom is 0.131 e. The molecule has 0 radical (unpaired) electrons. The highest BCUT2D eigenvalue weighted by atomic mass is 16.5. The van der Waals surface area contributed by atoms with Gasteiger partial charge in [0.25, 0.3) is 0 Å². The van der Waals surface area contributed by atoms with Crippen LogP contribution in [-0.2, 0) is 11.2 Å². The molecule has 3 aromatic rings. The lowest BCUT2D eigenvalue weighted by Gasteiger charge is -2.12. The van der Waals surface area contributed by atoms with E-state index in [-0.39, 0.29) is 0 Å². The molecule has 178 valence electrons. The van der Waals surface area contributed by atoms with Gasteiger partial charge in [0.2, 0.25) is 0 Å². The van der Waals surface area contributed by atoms with Gasteiger partial charge in [0.05, 0.1) is 6.10 Å². The van der Waals surface area contributed by atoms with Crippen LogP contribution in [0.25, 0.3) is 28.3 Å². The maximum absolute atomic E-state index is 5.88. The van der Waals surface area contributed by atoms with E-state index >= 15 is 0 Å². The first-order valence-electron chi connectivity index (χ1n) is 12.6. The molecule has 1 aromatic heterocycles. The molecule has 1 heterocycles.